The lowest BCUT2D eigenvalue weighted by Gasteiger charge is -2.33. The van der Waals surface area contributed by atoms with Gasteiger partial charge in [0.25, 0.3) is 0 Å². The Hall–Kier alpha value is -0.250. The van der Waals surface area contributed by atoms with Crippen LogP contribution in [0.15, 0.2) is 4.99 Å². The molecule has 0 amide bonds. The second kappa shape index (κ2) is 8.91. The van der Waals surface area contributed by atoms with E-state index in [0.29, 0.717) is 18.4 Å². The predicted octanol–water partition coefficient (Wildman–Crippen LogP) is 2.23. The van der Waals surface area contributed by atoms with E-state index in [1.54, 1.807) is 0 Å². The summed E-state index contributed by atoms with van der Waals surface area (Å²) < 4.78 is 36.7. The van der Waals surface area contributed by atoms with Crippen molar-refractivity contribution in [2.45, 2.75) is 39.0 Å². The van der Waals surface area contributed by atoms with Crippen molar-refractivity contribution in [1.82, 2.24) is 10.2 Å². The van der Waals surface area contributed by atoms with Gasteiger partial charge in [0.2, 0.25) is 0 Å². The van der Waals surface area contributed by atoms with Crippen LogP contribution in [0.25, 0.3) is 0 Å². The molecule has 2 N–H and O–H groups in total. The minimum absolute atomic E-state index is 0. The number of piperidine rings is 1. The lowest BCUT2D eigenvalue weighted by Crippen LogP contribution is -2.46. The number of hydrogen-bond acceptors (Lipinski definition) is 2. The van der Waals surface area contributed by atoms with Crippen LogP contribution >= 0.6 is 24.0 Å². The van der Waals surface area contributed by atoms with E-state index in [0.717, 1.165) is 25.9 Å². The van der Waals surface area contributed by atoms with E-state index in [4.69, 9.17) is 5.11 Å². The highest BCUT2D eigenvalue weighted by molar-refractivity contribution is 14.0. The maximum absolute atomic E-state index is 12.2. The number of guanidine groups is 1. The molecule has 1 rings (SSSR count). The minimum Gasteiger partial charge on any atom is -0.382 e. The third-order valence-electron chi connectivity index (χ3n) is 3.08. The molecule has 20 heavy (non-hydrogen) atoms. The van der Waals surface area contributed by atoms with E-state index >= 15 is 0 Å². The molecule has 0 aliphatic carbocycles. The minimum atomic E-state index is -4.62. The summed E-state index contributed by atoms with van der Waals surface area (Å²) in [7, 11) is 0. The van der Waals surface area contributed by atoms with Gasteiger partial charge < -0.3 is 15.3 Å². The highest BCUT2D eigenvalue weighted by atomic mass is 127. The summed E-state index contributed by atoms with van der Waals surface area (Å²) in [5, 5.41) is 12.0. The van der Waals surface area contributed by atoms with Crippen molar-refractivity contribution in [3.63, 3.8) is 0 Å². The third kappa shape index (κ3) is 6.47. The van der Waals surface area contributed by atoms with Crippen molar-refractivity contribution >= 4 is 29.9 Å². The molecule has 1 aliphatic rings. The van der Waals surface area contributed by atoms with Crippen molar-refractivity contribution in [2.24, 2.45) is 10.9 Å². The number of aliphatic hydroxyl groups excluding tert-OH is 1. The molecule has 0 radical (unpaired) electrons. The van der Waals surface area contributed by atoms with E-state index in [9.17, 15) is 13.2 Å². The molecule has 4 nitrogen and oxygen atoms in total. The summed E-state index contributed by atoms with van der Waals surface area (Å²) in [5.41, 5.74) is 0. The molecule has 0 saturated carbocycles. The van der Waals surface area contributed by atoms with Gasteiger partial charge in [0.1, 0.15) is 0 Å². The van der Waals surface area contributed by atoms with Crippen LogP contribution in [0, 0.1) is 5.92 Å². The van der Waals surface area contributed by atoms with Gasteiger partial charge >= 0.3 is 6.18 Å². The number of nitrogens with zero attached hydrogens (tertiary/aromatic N) is 2. The Morgan fingerprint density at radius 1 is 1.50 bits per heavy atom. The van der Waals surface area contributed by atoms with E-state index < -0.39 is 18.8 Å². The van der Waals surface area contributed by atoms with Crippen molar-refractivity contribution in [3.05, 3.63) is 0 Å². The summed E-state index contributed by atoms with van der Waals surface area (Å²) in [6, 6.07) is 0. The molecule has 8 heteroatoms. The fourth-order valence-corrected chi connectivity index (χ4v) is 2.08. The van der Waals surface area contributed by atoms with Gasteiger partial charge in [-0.25, -0.2) is 0 Å². The summed E-state index contributed by atoms with van der Waals surface area (Å²) in [6.07, 6.45) is -4.88. The van der Waals surface area contributed by atoms with E-state index in [1.165, 1.54) is 0 Å². The van der Waals surface area contributed by atoms with Crippen LogP contribution < -0.4 is 5.32 Å². The van der Waals surface area contributed by atoms with E-state index in [2.05, 4.69) is 17.2 Å². The molecule has 2 atom stereocenters. The summed E-state index contributed by atoms with van der Waals surface area (Å²) in [6.45, 7) is 5.48. The number of aliphatic hydroxyl groups is 1. The molecule has 0 aromatic carbocycles. The number of aliphatic imine (C=N–C) groups is 1. The first-order valence-corrected chi connectivity index (χ1v) is 6.62. The number of likely N-dealkylation sites (tertiary alicyclic amines) is 1. The number of halogens is 4. The van der Waals surface area contributed by atoms with Crippen molar-refractivity contribution in [1.29, 1.82) is 0 Å². The topological polar surface area (TPSA) is 47.9 Å². The molecular weight excluding hydrogens is 386 g/mol. The fourth-order valence-electron chi connectivity index (χ4n) is 2.08. The molecule has 1 saturated heterocycles. The Kier molecular flexibility index (Phi) is 8.80. The van der Waals surface area contributed by atoms with Crippen LogP contribution in [0.2, 0.25) is 0 Å². The lowest BCUT2D eigenvalue weighted by atomic mass is 10.0. The number of nitrogens with one attached hydrogen (secondary N) is 1. The SMILES string of the molecule is CCNC(=NCC(O)C(F)(F)F)N1CCCC(C)C1.I. The average molecular weight is 409 g/mol. The second-order valence-electron chi connectivity index (χ2n) is 4.95. The predicted molar refractivity (Wildman–Crippen MR) is 83.4 cm³/mol. The highest BCUT2D eigenvalue weighted by Crippen LogP contribution is 2.20. The molecule has 0 spiro atoms. The maximum Gasteiger partial charge on any atom is 0.416 e. The van der Waals surface area contributed by atoms with Gasteiger partial charge in [-0.3, -0.25) is 4.99 Å². The summed E-state index contributed by atoms with van der Waals surface area (Å²) >= 11 is 0. The van der Waals surface area contributed by atoms with Gasteiger partial charge in [-0.15, -0.1) is 24.0 Å². The zero-order chi connectivity index (χ0) is 14.5. The normalized spacial score (nSPS) is 22.2. The van der Waals surface area contributed by atoms with Crippen molar-refractivity contribution in [2.75, 3.05) is 26.2 Å². The molecule has 1 fully saturated rings. The van der Waals surface area contributed by atoms with Gasteiger partial charge in [0.05, 0.1) is 6.54 Å². The zero-order valence-corrected chi connectivity index (χ0v) is 14.1. The largest absolute Gasteiger partial charge is 0.416 e. The first-order valence-electron chi connectivity index (χ1n) is 6.62. The van der Waals surface area contributed by atoms with Crippen molar-refractivity contribution in [3.8, 4) is 0 Å². The van der Waals surface area contributed by atoms with Gasteiger partial charge in [-0.1, -0.05) is 6.92 Å². The molecule has 1 heterocycles. The summed E-state index contributed by atoms with van der Waals surface area (Å²) in [4.78, 5) is 5.86. The molecule has 0 bridgehead atoms. The molecule has 0 aromatic rings. The Morgan fingerprint density at radius 2 is 2.15 bits per heavy atom. The van der Waals surface area contributed by atoms with Gasteiger partial charge in [-0.05, 0) is 25.7 Å². The number of rotatable bonds is 3. The number of hydrogen-bond donors (Lipinski definition) is 2. The smallest absolute Gasteiger partial charge is 0.382 e. The monoisotopic (exact) mass is 409 g/mol. The first-order chi connectivity index (χ1) is 8.84. The Morgan fingerprint density at radius 3 is 2.65 bits per heavy atom. The Labute approximate surface area is 134 Å². The highest BCUT2D eigenvalue weighted by Gasteiger charge is 2.38. The van der Waals surface area contributed by atoms with Crippen LogP contribution in [-0.2, 0) is 0 Å². The van der Waals surface area contributed by atoms with Gasteiger partial charge in [0, 0.05) is 19.6 Å². The van der Waals surface area contributed by atoms with Crippen molar-refractivity contribution < 1.29 is 18.3 Å². The first kappa shape index (κ1) is 19.8. The van der Waals surface area contributed by atoms with Gasteiger partial charge in [0.15, 0.2) is 12.1 Å². The summed E-state index contributed by atoms with van der Waals surface area (Å²) in [5.74, 6) is 0.961. The van der Waals surface area contributed by atoms with Crippen LogP contribution in [0.1, 0.15) is 26.7 Å². The molecular formula is C12H23F3IN3O. The number of alkyl halides is 3. The molecule has 120 valence electrons. The van der Waals surface area contributed by atoms with Crippen LogP contribution in [0.5, 0.6) is 0 Å². The lowest BCUT2D eigenvalue weighted by molar-refractivity contribution is -0.199. The molecule has 1 aliphatic heterocycles. The molecule has 2 unspecified atom stereocenters. The van der Waals surface area contributed by atoms with Crippen LogP contribution in [0.3, 0.4) is 0 Å². The fraction of sp³-hybridized carbons (Fsp3) is 0.917. The second-order valence-corrected chi connectivity index (χ2v) is 4.95. The van der Waals surface area contributed by atoms with E-state index in [1.807, 2.05) is 11.8 Å². The Bertz CT molecular complexity index is 313. The van der Waals surface area contributed by atoms with Crippen LogP contribution in [0.4, 0.5) is 13.2 Å². The Balaban J connectivity index is 0.00000361. The zero-order valence-electron chi connectivity index (χ0n) is 11.8. The van der Waals surface area contributed by atoms with Crippen LogP contribution in [-0.4, -0.2) is 54.4 Å². The molecule has 0 aromatic heterocycles. The van der Waals surface area contributed by atoms with E-state index in [-0.39, 0.29) is 24.0 Å². The maximum atomic E-state index is 12.2. The third-order valence-corrected chi connectivity index (χ3v) is 3.08. The van der Waals surface area contributed by atoms with Gasteiger partial charge in [-0.2, -0.15) is 13.2 Å². The quantitative estimate of drug-likeness (QED) is 0.427. The average Bonchev–Trinajstić information content (AvgIpc) is 2.32. The standard InChI is InChI=1S/C12H22F3N3O.HI/c1-3-16-11(17-7-10(19)12(13,14)15)18-6-4-5-9(2)8-18;/h9-10,19H,3-8H2,1-2H3,(H,16,17);1H.